The molecule has 0 heterocycles. The molecule has 4 nitrogen and oxygen atoms in total. The molecule has 0 bridgehead atoms. The Hall–Kier alpha value is -1.55. The van der Waals surface area contributed by atoms with Crippen LogP contribution < -0.4 is 5.32 Å². The topological polar surface area (TPSA) is 69.6 Å². The molecule has 0 saturated carbocycles. The molecule has 0 fully saturated rings. The Kier molecular flexibility index (Phi) is 4.31. The SMILES string of the molecule is CC(CO)C(C)NC(=O)c1ccccc1O. The van der Waals surface area contributed by atoms with E-state index in [0.717, 1.165) is 0 Å². The van der Waals surface area contributed by atoms with E-state index in [1.807, 2.05) is 13.8 Å². The molecular formula is C12H17NO3. The molecule has 88 valence electrons. The summed E-state index contributed by atoms with van der Waals surface area (Å²) in [5.74, 6) is -0.385. The Labute approximate surface area is 94.9 Å². The van der Waals surface area contributed by atoms with E-state index < -0.39 is 0 Å². The lowest BCUT2D eigenvalue weighted by Crippen LogP contribution is -2.38. The number of aliphatic hydroxyl groups is 1. The lowest BCUT2D eigenvalue weighted by molar-refractivity contribution is 0.0913. The van der Waals surface area contributed by atoms with Crippen LogP contribution in [0.2, 0.25) is 0 Å². The number of amides is 1. The minimum absolute atomic E-state index is 0.0161. The van der Waals surface area contributed by atoms with Crippen molar-refractivity contribution < 1.29 is 15.0 Å². The zero-order valence-electron chi connectivity index (χ0n) is 9.47. The van der Waals surface area contributed by atoms with Gasteiger partial charge in [0.15, 0.2) is 0 Å². The summed E-state index contributed by atoms with van der Waals surface area (Å²) in [6.07, 6.45) is 0. The lowest BCUT2D eigenvalue weighted by atomic mass is 10.0. The first kappa shape index (κ1) is 12.5. The average molecular weight is 223 g/mol. The molecule has 1 rings (SSSR count). The third-order valence-corrected chi connectivity index (χ3v) is 2.65. The van der Waals surface area contributed by atoms with Crippen LogP contribution >= 0.6 is 0 Å². The maximum absolute atomic E-state index is 11.7. The molecule has 1 amide bonds. The van der Waals surface area contributed by atoms with Crippen molar-refractivity contribution in [2.24, 2.45) is 5.92 Å². The smallest absolute Gasteiger partial charge is 0.255 e. The van der Waals surface area contributed by atoms with Gasteiger partial charge in [-0.2, -0.15) is 0 Å². The van der Waals surface area contributed by atoms with Gasteiger partial charge in [-0.1, -0.05) is 19.1 Å². The molecule has 0 aliphatic rings. The minimum Gasteiger partial charge on any atom is -0.507 e. The van der Waals surface area contributed by atoms with E-state index in [-0.39, 0.29) is 35.8 Å². The van der Waals surface area contributed by atoms with Gasteiger partial charge in [0.05, 0.1) is 5.56 Å². The quantitative estimate of drug-likeness (QED) is 0.717. The Balaban J connectivity index is 2.70. The van der Waals surface area contributed by atoms with Crippen LogP contribution in [0.15, 0.2) is 24.3 Å². The number of aromatic hydroxyl groups is 1. The third-order valence-electron chi connectivity index (χ3n) is 2.65. The van der Waals surface area contributed by atoms with Gasteiger partial charge >= 0.3 is 0 Å². The van der Waals surface area contributed by atoms with E-state index in [0.29, 0.717) is 0 Å². The van der Waals surface area contributed by atoms with Gasteiger partial charge < -0.3 is 15.5 Å². The number of benzene rings is 1. The summed E-state index contributed by atoms with van der Waals surface area (Å²) in [6, 6.07) is 6.23. The summed E-state index contributed by atoms with van der Waals surface area (Å²) in [4.78, 5) is 11.7. The summed E-state index contributed by atoms with van der Waals surface area (Å²) in [7, 11) is 0. The zero-order valence-corrected chi connectivity index (χ0v) is 9.47. The van der Waals surface area contributed by atoms with Crippen molar-refractivity contribution >= 4 is 5.91 Å². The fraction of sp³-hybridized carbons (Fsp3) is 0.417. The van der Waals surface area contributed by atoms with Crippen LogP contribution in [0.25, 0.3) is 0 Å². The third kappa shape index (κ3) is 2.97. The van der Waals surface area contributed by atoms with Gasteiger partial charge in [-0.3, -0.25) is 4.79 Å². The monoisotopic (exact) mass is 223 g/mol. The van der Waals surface area contributed by atoms with Crippen molar-refractivity contribution in [3.63, 3.8) is 0 Å². The van der Waals surface area contributed by atoms with E-state index >= 15 is 0 Å². The molecule has 16 heavy (non-hydrogen) atoms. The van der Waals surface area contributed by atoms with Crippen LogP contribution in [0, 0.1) is 5.92 Å². The standard InChI is InChI=1S/C12H17NO3/c1-8(7-14)9(2)13-12(16)10-5-3-4-6-11(10)15/h3-6,8-9,14-15H,7H2,1-2H3,(H,13,16). The van der Waals surface area contributed by atoms with E-state index in [4.69, 9.17) is 5.11 Å². The van der Waals surface area contributed by atoms with E-state index in [1.165, 1.54) is 6.07 Å². The highest BCUT2D eigenvalue weighted by Gasteiger charge is 2.16. The van der Waals surface area contributed by atoms with E-state index in [9.17, 15) is 9.90 Å². The highest BCUT2D eigenvalue weighted by Crippen LogP contribution is 2.15. The molecule has 1 aromatic rings. The summed E-state index contributed by atoms with van der Waals surface area (Å²) < 4.78 is 0. The molecule has 2 atom stereocenters. The molecule has 0 spiro atoms. The van der Waals surface area contributed by atoms with Crippen LogP contribution in [-0.4, -0.2) is 28.8 Å². The number of carbonyl (C=O) groups is 1. The number of rotatable bonds is 4. The van der Waals surface area contributed by atoms with Crippen LogP contribution in [-0.2, 0) is 0 Å². The van der Waals surface area contributed by atoms with Crippen molar-refractivity contribution in [2.75, 3.05) is 6.61 Å². The van der Waals surface area contributed by atoms with Crippen LogP contribution in [0.3, 0.4) is 0 Å². The number of hydrogen-bond acceptors (Lipinski definition) is 3. The van der Waals surface area contributed by atoms with Gasteiger partial charge in [-0.25, -0.2) is 0 Å². The van der Waals surface area contributed by atoms with Gasteiger partial charge in [0, 0.05) is 12.6 Å². The van der Waals surface area contributed by atoms with Crippen molar-refractivity contribution in [3.8, 4) is 5.75 Å². The number of phenols is 1. The number of nitrogens with one attached hydrogen (secondary N) is 1. The molecule has 1 aromatic carbocycles. The maximum atomic E-state index is 11.7. The number of phenolic OH excluding ortho intramolecular Hbond substituents is 1. The van der Waals surface area contributed by atoms with Gasteiger partial charge in [0.1, 0.15) is 5.75 Å². The van der Waals surface area contributed by atoms with Crippen molar-refractivity contribution in [1.29, 1.82) is 0 Å². The first-order valence-electron chi connectivity index (χ1n) is 5.26. The largest absolute Gasteiger partial charge is 0.507 e. The number of carbonyl (C=O) groups excluding carboxylic acids is 1. The van der Waals surface area contributed by atoms with Gasteiger partial charge in [-0.05, 0) is 25.0 Å². The molecule has 0 aliphatic carbocycles. The molecule has 0 aromatic heterocycles. The molecular weight excluding hydrogens is 206 g/mol. The van der Waals surface area contributed by atoms with Crippen molar-refractivity contribution in [3.05, 3.63) is 29.8 Å². The first-order chi connectivity index (χ1) is 7.56. The van der Waals surface area contributed by atoms with E-state index in [1.54, 1.807) is 18.2 Å². The Morgan fingerprint density at radius 3 is 2.56 bits per heavy atom. The second kappa shape index (κ2) is 5.51. The second-order valence-corrected chi connectivity index (χ2v) is 3.94. The Bertz CT molecular complexity index is 365. The predicted octanol–water partition coefficient (Wildman–Crippen LogP) is 1.14. The molecule has 2 unspecified atom stereocenters. The number of para-hydroxylation sites is 1. The van der Waals surface area contributed by atoms with Gasteiger partial charge in [0.2, 0.25) is 0 Å². The summed E-state index contributed by atoms with van der Waals surface area (Å²) >= 11 is 0. The van der Waals surface area contributed by atoms with Crippen molar-refractivity contribution in [2.45, 2.75) is 19.9 Å². The van der Waals surface area contributed by atoms with Crippen LogP contribution in [0.1, 0.15) is 24.2 Å². The van der Waals surface area contributed by atoms with Crippen molar-refractivity contribution in [1.82, 2.24) is 5.32 Å². The summed E-state index contributed by atoms with van der Waals surface area (Å²) in [5.41, 5.74) is 0.250. The second-order valence-electron chi connectivity index (χ2n) is 3.94. The zero-order chi connectivity index (χ0) is 12.1. The van der Waals surface area contributed by atoms with E-state index in [2.05, 4.69) is 5.32 Å². The van der Waals surface area contributed by atoms with Crippen LogP contribution in [0.4, 0.5) is 0 Å². The number of hydrogen-bond donors (Lipinski definition) is 3. The molecule has 0 aliphatic heterocycles. The first-order valence-corrected chi connectivity index (χ1v) is 5.26. The maximum Gasteiger partial charge on any atom is 0.255 e. The average Bonchev–Trinajstić information content (AvgIpc) is 2.28. The predicted molar refractivity (Wildman–Crippen MR) is 61.3 cm³/mol. The lowest BCUT2D eigenvalue weighted by Gasteiger charge is -2.19. The van der Waals surface area contributed by atoms with Crippen LogP contribution in [0.5, 0.6) is 5.75 Å². The fourth-order valence-electron chi connectivity index (χ4n) is 1.25. The van der Waals surface area contributed by atoms with Gasteiger partial charge in [0.25, 0.3) is 5.91 Å². The highest BCUT2D eigenvalue weighted by molar-refractivity contribution is 5.96. The Morgan fingerprint density at radius 2 is 2.00 bits per heavy atom. The molecule has 0 saturated heterocycles. The highest BCUT2D eigenvalue weighted by atomic mass is 16.3. The molecule has 0 radical (unpaired) electrons. The molecule has 3 N–H and O–H groups in total. The summed E-state index contributed by atoms with van der Waals surface area (Å²) in [6.45, 7) is 3.68. The normalized spacial score (nSPS) is 14.2. The minimum atomic E-state index is -0.328. The van der Waals surface area contributed by atoms with Gasteiger partial charge in [-0.15, -0.1) is 0 Å². The summed E-state index contributed by atoms with van der Waals surface area (Å²) in [5, 5.41) is 21.2. The fourth-order valence-corrected chi connectivity index (χ4v) is 1.25. The molecule has 4 heteroatoms. The Morgan fingerprint density at radius 1 is 1.38 bits per heavy atom. The number of aliphatic hydroxyl groups excluding tert-OH is 1.